The van der Waals surface area contributed by atoms with Crippen molar-refractivity contribution >= 4 is 10.8 Å². The summed E-state index contributed by atoms with van der Waals surface area (Å²) in [5.74, 6) is 1.82. The maximum atomic E-state index is 10.8. The molecule has 1 fully saturated rings. The summed E-state index contributed by atoms with van der Waals surface area (Å²) in [6, 6.07) is 0. The SMILES string of the molecule is CS(=O)CCC1CCCCC1. The molecule has 0 radical (unpaired) electrons. The second-order valence-corrected chi connectivity index (χ2v) is 5.12. The fourth-order valence-electron chi connectivity index (χ4n) is 1.81. The first-order chi connectivity index (χ1) is 5.29. The highest BCUT2D eigenvalue weighted by atomic mass is 32.2. The average molecular weight is 174 g/mol. The van der Waals surface area contributed by atoms with Crippen LogP contribution < -0.4 is 0 Å². The van der Waals surface area contributed by atoms with E-state index in [4.69, 9.17) is 0 Å². The third-order valence-electron chi connectivity index (χ3n) is 2.54. The molecule has 1 atom stereocenters. The van der Waals surface area contributed by atoms with Gasteiger partial charge in [-0.2, -0.15) is 0 Å². The molecule has 1 unspecified atom stereocenters. The molecule has 2 heteroatoms. The lowest BCUT2D eigenvalue weighted by atomic mass is 9.88. The van der Waals surface area contributed by atoms with Crippen molar-refractivity contribution in [3.63, 3.8) is 0 Å². The van der Waals surface area contributed by atoms with Crippen LogP contribution in [0.15, 0.2) is 0 Å². The van der Waals surface area contributed by atoms with Crippen LogP contribution in [0, 0.1) is 5.92 Å². The fraction of sp³-hybridized carbons (Fsp3) is 1.00. The number of hydrogen-bond acceptors (Lipinski definition) is 1. The molecule has 1 aliphatic carbocycles. The van der Waals surface area contributed by atoms with Gasteiger partial charge in [-0.15, -0.1) is 0 Å². The standard InChI is InChI=1S/C9H18OS/c1-11(10)8-7-9-5-3-2-4-6-9/h9H,2-8H2,1H3. The minimum atomic E-state index is -0.567. The van der Waals surface area contributed by atoms with Crippen molar-refractivity contribution < 1.29 is 4.21 Å². The van der Waals surface area contributed by atoms with Crippen LogP contribution in [-0.2, 0) is 10.8 Å². The lowest BCUT2D eigenvalue weighted by molar-refractivity contribution is 0.351. The van der Waals surface area contributed by atoms with Crippen molar-refractivity contribution in [2.75, 3.05) is 12.0 Å². The van der Waals surface area contributed by atoms with Gasteiger partial charge in [0.2, 0.25) is 0 Å². The van der Waals surface area contributed by atoms with E-state index in [1.165, 1.54) is 38.5 Å². The molecule has 0 aromatic rings. The predicted molar refractivity (Wildman–Crippen MR) is 50.1 cm³/mol. The Morgan fingerprint density at radius 3 is 2.45 bits per heavy atom. The molecule has 0 bridgehead atoms. The van der Waals surface area contributed by atoms with E-state index < -0.39 is 10.8 Å². The van der Waals surface area contributed by atoms with Crippen molar-refractivity contribution in [3.05, 3.63) is 0 Å². The van der Waals surface area contributed by atoms with Crippen LogP contribution in [0.25, 0.3) is 0 Å². The van der Waals surface area contributed by atoms with Gasteiger partial charge in [-0.25, -0.2) is 0 Å². The van der Waals surface area contributed by atoms with Crippen LogP contribution in [0.4, 0.5) is 0 Å². The zero-order chi connectivity index (χ0) is 8.10. The summed E-state index contributed by atoms with van der Waals surface area (Å²) in [4.78, 5) is 0. The molecule has 1 aliphatic rings. The Bertz CT molecular complexity index is 128. The minimum absolute atomic E-state index is 0.567. The molecule has 11 heavy (non-hydrogen) atoms. The van der Waals surface area contributed by atoms with Gasteiger partial charge in [-0.3, -0.25) is 4.21 Å². The van der Waals surface area contributed by atoms with Gasteiger partial charge in [0.25, 0.3) is 0 Å². The summed E-state index contributed by atoms with van der Waals surface area (Å²) >= 11 is 0. The second kappa shape index (κ2) is 4.91. The molecule has 0 amide bonds. The van der Waals surface area contributed by atoms with Gasteiger partial charge >= 0.3 is 0 Å². The molecular formula is C9H18OS. The van der Waals surface area contributed by atoms with Gasteiger partial charge < -0.3 is 0 Å². The smallest absolute Gasteiger partial charge is 0.0234 e. The van der Waals surface area contributed by atoms with Crippen molar-refractivity contribution in [3.8, 4) is 0 Å². The fourth-order valence-corrected chi connectivity index (χ4v) is 2.47. The molecule has 0 aromatic heterocycles. The van der Waals surface area contributed by atoms with Gasteiger partial charge in [0.1, 0.15) is 0 Å². The highest BCUT2D eigenvalue weighted by molar-refractivity contribution is 7.84. The van der Waals surface area contributed by atoms with Gasteiger partial charge in [0, 0.05) is 22.8 Å². The maximum Gasteiger partial charge on any atom is 0.0234 e. The predicted octanol–water partition coefficient (Wildman–Crippen LogP) is 2.34. The van der Waals surface area contributed by atoms with Crippen LogP contribution >= 0.6 is 0 Å². The molecule has 66 valence electrons. The van der Waals surface area contributed by atoms with Gasteiger partial charge in [0.05, 0.1) is 0 Å². The van der Waals surface area contributed by atoms with Gasteiger partial charge in [0.15, 0.2) is 0 Å². The summed E-state index contributed by atoms with van der Waals surface area (Å²) in [5, 5.41) is 0. The Balaban J connectivity index is 2.09. The first-order valence-electron chi connectivity index (χ1n) is 4.59. The monoisotopic (exact) mass is 174 g/mol. The van der Waals surface area contributed by atoms with Crippen LogP contribution in [0.5, 0.6) is 0 Å². The Hall–Kier alpha value is 0.150. The Kier molecular flexibility index (Phi) is 4.13. The van der Waals surface area contributed by atoms with E-state index in [1.807, 2.05) is 6.26 Å². The quantitative estimate of drug-likeness (QED) is 0.642. The third kappa shape index (κ3) is 3.90. The highest BCUT2D eigenvalue weighted by Gasteiger charge is 2.12. The van der Waals surface area contributed by atoms with E-state index in [2.05, 4.69) is 0 Å². The van der Waals surface area contributed by atoms with Crippen LogP contribution in [0.1, 0.15) is 38.5 Å². The summed E-state index contributed by atoms with van der Waals surface area (Å²) in [6.07, 6.45) is 10.0. The maximum absolute atomic E-state index is 10.8. The number of hydrogen-bond donors (Lipinski definition) is 0. The van der Waals surface area contributed by atoms with Crippen molar-refractivity contribution in [2.24, 2.45) is 5.92 Å². The molecule has 0 heterocycles. The van der Waals surface area contributed by atoms with E-state index in [9.17, 15) is 4.21 Å². The van der Waals surface area contributed by atoms with Gasteiger partial charge in [-0.1, -0.05) is 32.1 Å². The zero-order valence-corrected chi connectivity index (χ0v) is 8.16. The Labute approximate surface area is 72.0 Å². The van der Waals surface area contributed by atoms with Crippen LogP contribution in [0.3, 0.4) is 0 Å². The molecular weight excluding hydrogens is 156 g/mol. The molecule has 0 saturated heterocycles. The summed E-state index contributed by atoms with van der Waals surface area (Å²) < 4.78 is 10.8. The molecule has 0 aromatic carbocycles. The largest absolute Gasteiger partial charge is 0.260 e. The summed E-state index contributed by atoms with van der Waals surface area (Å²) in [6.45, 7) is 0. The zero-order valence-electron chi connectivity index (χ0n) is 7.34. The van der Waals surface area contributed by atoms with Crippen molar-refractivity contribution in [1.29, 1.82) is 0 Å². The lowest BCUT2D eigenvalue weighted by Crippen LogP contribution is -2.09. The average Bonchev–Trinajstić information content (AvgIpc) is 2.03. The lowest BCUT2D eigenvalue weighted by Gasteiger charge is -2.20. The molecule has 0 spiro atoms. The van der Waals surface area contributed by atoms with E-state index in [1.54, 1.807) is 0 Å². The van der Waals surface area contributed by atoms with Crippen molar-refractivity contribution in [2.45, 2.75) is 38.5 Å². The third-order valence-corrected chi connectivity index (χ3v) is 3.35. The van der Waals surface area contributed by atoms with E-state index in [-0.39, 0.29) is 0 Å². The Morgan fingerprint density at radius 2 is 1.91 bits per heavy atom. The van der Waals surface area contributed by atoms with Gasteiger partial charge in [-0.05, 0) is 12.3 Å². The van der Waals surface area contributed by atoms with Crippen LogP contribution in [-0.4, -0.2) is 16.2 Å². The molecule has 0 N–H and O–H groups in total. The highest BCUT2D eigenvalue weighted by Crippen LogP contribution is 2.26. The molecule has 1 saturated carbocycles. The summed E-state index contributed by atoms with van der Waals surface area (Å²) in [5.41, 5.74) is 0. The van der Waals surface area contributed by atoms with E-state index in [0.29, 0.717) is 0 Å². The minimum Gasteiger partial charge on any atom is -0.260 e. The van der Waals surface area contributed by atoms with Crippen LogP contribution in [0.2, 0.25) is 0 Å². The molecule has 0 aliphatic heterocycles. The molecule has 1 nitrogen and oxygen atoms in total. The molecule has 1 rings (SSSR count). The van der Waals surface area contributed by atoms with Crippen molar-refractivity contribution in [1.82, 2.24) is 0 Å². The first kappa shape index (κ1) is 9.24. The topological polar surface area (TPSA) is 17.1 Å². The Morgan fingerprint density at radius 1 is 1.27 bits per heavy atom. The van der Waals surface area contributed by atoms with E-state index >= 15 is 0 Å². The first-order valence-corrected chi connectivity index (χ1v) is 6.32. The van der Waals surface area contributed by atoms with E-state index in [0.717, 1.165) is 11.7 Å². The summed E-state index contributed by atoms with van der Waals surface area (Å²) in [7, 11) is -0.567. The second-order valence-electron chi connectivity index (χ2n) is 3.57. The normalized spacial score (nSPS) is 23.4. The number of rotatable bonds is 3.